The summed E-state index contributed by atoms with van der Waals surface area (Å²) in [6, 6.07) is 15.6. The molecule has 0 aliphatic carbocycles. The molecule has 1 aliphatic heterocycles. The number of para-hydroxylation sites is 2. The van der Waals surface area contributed by atoms with Crippen LogP contribution in [0.25, 0.3) is 0 Å². The molecule has 0 saturated heterocycles. The second-order valence-corrected chi connectivity index (χ2v) is 4.63. The fourth-order valence-electron chi connectivity index (χ4n) is 2.30. The number of fused-ring (bicyclic) bond motifs is 1. The second kappa shape index (κ2) is 5.33. The first kappa shape index (κ1) is 12.1. The molecule has 0 saturated carbocycles. The van der Waals surface area contributed by atoms with E-state index in [-0.39, 0.29) is 12.7 Å². The molecule has 0 bridgehead atoms. The van der Waals surface area contributed by atoms with E-state index in [1.165, 1.54) is 5.56 Å². The molecule has 0 amide bonds. The van der Waals surface area contributed by atoms with Gasteiger partial charge in [-0.3, -0.25) is 0 Å². The topological polar surface area (TPSA) is 38.7 Å². The number of hydrogen-bond acceptors (Lipinski definition) is 3. The fourth-order valence-corrected chi connectivity index (χ4v) is 2.30. The lowest BCUT2D eigenvalue weighted by molar-refractivity contribution is 0.146. The van der Waals surface area contributed by atoms with Gasteiger partial charge < -0.3 is 14.6 Å². The zero-order valence-electron chi connectivity index (χ0n) is 10.6. The number of aliphatic hydroxyl groups is 1. The Balaban J connectivity index is 1.63. The molecule has 1 atom stereocenters. The molecule has 0 fully saturated rings. The predicted molar refractivity (Wildman–Crippen MR) is 72.4 cm³/mol. The Bertz CT molecular complexity index is 540. The maximum Gasteiger partial charge on any atom is 0.137 e. The van der Waals surface area contributed by atoms with Crippen LogP contribution in [0.15, 0.2) is 48.5 Å². The van der Waals surface area contributed by atoms with E-state index < -0.39 is 0 Å². The molecular formula is C16H16O3. The lowest BCUT2D eigenvalue weighted by Gasteiger charge is -2.14. The molecule has 1 heterocycles. The Kier molecular flexibility index (Phi) is 3.38. The van der Waals surface area contributed by atoms with Crippen LogP contribution < -0.4 is 9.47 Å². The number of aliphatic hydroxyl groups excluding tert-OH is 1. The van der Waals surface area contributed by atoms with Gasteiger partial charge in [0.25, 0.3) is 0 Å². The molecule has 0 aromatic heterocycles. The van der Waals surface area contributed by atoms with Crippen LogP contribution >= 0.6 is 0 Å². The summed E-state index contributed by atoms with van der Waals surface area (Å²) in [5, 5.41) is 9.24. The Morgan fingerprint density at radius 1 is 1.11 bits per heavy atom. The van der Waals surface area contributed by atoms with Crippen molar-refractivity contribution in [3.05, 3.63) is 59.7 Å². The van der Waals surface area contributed by atoms with E-state index in [0.29, 0.717) is 6.61 Å². The number of benzene rings is 2. The molecule has 1 unspecified atom stereocenters. The standard InChI is InChI=1S/C16H16O3/c17-10-13-6-2-3-7-15(13)18-11-14-9-12-5-1-4-8-16(12)19-14/h1-8,14,17H,9-11H2. The van der Waals surface area contributed by atoms with Gasteiger partial charge in [-0.25, -0.2) is 0 Å². The van der Waals surface area contributed by atoms with Gasteiger partial charge in [-0.05, 0) is 17.7 Å². The van der Waals surface area contributed by atoms with Crippen LogP contribution in [0, 0.1) is 0 Å². The summed E-state index contributed by atoms with van der Waals surface area (Å²) >= 11 is 0. The Hall–Kier alpha value is -2.00. The molecule has 0 radical (unpaired) electrons. The molecule has 1 N–H and O–H groups in total. The number of hydrogen-bond donors (Lipinski definition) is 1. The average Bonchev–Trinajstić information content (AvgIpc) is 2.88. The van der Waals surface area contributed by atoms with Crippen molar-refractivity contribution in [2.75, 3.05) is 6.61 Å². The van der Waals surface area contributed by atoms with E-state index in [1.54, 1.807) is 0 Å². The first-order valence-corrected chi connectivity index (χ1v) is 6.43. The van der Waals surface area contributed by atoms with E-state index in [1.807, 2.05) is 42.5 Å². The number of rotatable bonds is 4. The third-order valence-electron chi connectivity index (χ3n) is 3.28. The molecule has 3 rings (SSSR count). The van der Waals surface area contributed by atoms with Gasteiger partial charge in [-0.15, -0.1) is 0 Å². The van der Waals surface area contributed by atoms with Gasteiger partial charge in [0, 0.05) is 12.0 Å². The lowest BCUT2D eigenvalue weighted by atomic mass is 10.1. The summed E-state index contributed by atoms with van der Waals surface area (Å²) in [7, 11) is 0. The predicted octanol–water partition coefficient (Wildman–Crippen LogP) is 2.56. The van der Waals surface area contributed by atoms with Gasteiger partial charge in [0.05, 0.1) is 6.61 Å². The third kappa shape index (κ3) is 2.56. The Labute approximate surface area is 112 Å². The highest BCUT2D eigenvalue weighted by Gasteiger charge is 2.22. The Morgan fingerprint density at radius 3 is 2.74 bits per heavy atom. The van der Waals surface area contributed by atoms with Gasteiger partial charge in [0.1, 0.15) is 24.2 Å². The van der Waals surface area contributed by atoms with Gasteiger partial charge in [-0.2, -0.15) is 0 Å². The van der Waals surface area contributed by atoms with E-state index in [4.69, 9.17) is 9.47 Å². The third-order valence-corrected chi connectivity index (χ3v) is 3.28. The molecule has 3 heteroatoms. The van der Waals surface area contributed by atoms with Crippen molar-refractivity contribution in [3.63, 3.8) is 0 Å². The summed E-state index contributed by atoms with van der Waals surface area (Å²) in [4.78, 5) is 0. The normalized spacial score (nSPS) is 16.8. The quantitative estimate of drug-likeness (QED) is 0.913. The monoisotopic (exact) mass is 256 g/mol. The minimum absolute atomic E-state index is 0.0120. The van der Waals surface area contributed by atoms with Crippen molar-refractivity contribution in [1.82, 2.24) is 0 Å². The highest BCUT2D eigenvalue weighted by molar-refractivity contribution is 5.37. The van der Waals surface area contributed by atoms with E-state index in [9.17, 15) is 5.11 Å². The van der Waals surface area contributed by atoms with Crippen LogP contribution in [0.2, 0.25) is 0 Å². The van der Waals surface area contributed by atoms with Crippen molar-refractivity contribution in [1.29, 1.82) is 0 Å². The zero-order valence-corrected chi connectivity index (χ0v) is 10.6. The van der Waals surface area contributed by atoms with E-state index in [2.05, 4.69) is 6.07 Å². The largest absolute Gasteiger partial charge is 0.489 e. The zero-order chi connectivity index (χ0) is 13.1. The highest BCUT2D eigenvalue weighted by Crippen LogP contribution is 2.28. The first-order chi connectivity index (χ1) is 9.36. The summed E-state index contributed by atoms with van der Waals surface area (Å²) < 4.78 is 11.6. The van der Waals surface area contributed by atoms with Crippen molar-refractivity contribution in [2.45, 2.75) is 19.1 Å². The summed E-state index contributed by atoms with van der Waals surface area (Å²) in [5.41, 5.74) is 2.03. The van der Waals surface area contributed by atoms with Gasteiger partial charge in [0.15, 0.2) is 0 Å². The smallest absolute Gasteiger partial charge is 0.137 e. The molecule has 1 aliphatic rings. The van der Waals surface area contributed by atoms with Crippen molar-refractivity contribution in [2.24, 2.45) is 0 Å². The van der Waals surface area contributed by atoms with Crippen LogP contribution in [0.4, 0.5) is 0 Å². The molecule has 19 heavy (non-hydrogen) atoms. The molecule has 98 valence electrons. The molecule has 2 aromatic carbocycles. The van der Waals surface area contributed by atoms with Gasteiger partial charge >= 0.3 is 0 Å². The van der Waals surface area contributed by atoms with E-state index >= 15 is 0 Å². The van der Waals surface area contributed by atoms with E-state index in [0.717, 1.165) is 23.5 Å². The van der Waals surface area contributed by atoms with Gasteiger partial charge in [-0.1, -0.05) is 36.4 Å². The summed E-state index contributed by atoms with van der Waals surface area (Å²) in [6.45, 7) is 0.480. The molecular weight excluding hydrogens is 240 g/mol. The van der Waals surface area contributed by atoms with Crippen molar-refractivity contribution >= 4 is 0 Å². The Morgan fingerprint density at radius 2 is 1.89 bits per heavy atom. The first-order valence-electron chi connectivity index (χ1n) is 6.43. The molecule has 0 spiro atoms. The number of ether oxygens (including phenoxy) is 2. The highest BCUT2D eigenvalue weighted by atomic mass is 16.5. The van der Waals surface area contributed by atoms with Crippen LogP contribution in [0.3, 0.4) is 0 Å². The minimum Gasteiger partial charge on any atom is -0.489 e. The molecule has 2 aromatic rings. The van der Waals surface area contributed by atoms with Crippen LogP contribution in [0.1, 0.15) is 11.1 Å². The van der Waals surface area contributed by atoms with Crippen LogP contribution in [0.5, 0.6) is 11.5 Å². The van der Waals surface area contributed by atoms with Crippen LogP contribution in [-0.2, 0) is 13.0 Å². The minimum atomic E-state index is -0.0120. The van der Waals surface area contributed by atoms with Crippen molar-refractivity contribution in [3.8, 4) is 11.5 Å². The van der Waals surface area contributed by atoms with Crippen LogP contribution in [-0.4, -0.2) is 17.8 Å². The van der Waals surface area contributed by atoms with Crippen molar-refractivity contribution < 1.29 is 14.6 Å². The average molecular weight is 256 g/mol. The summed E-state index contributed by atoms with van der Waals surface area (Å²) in [5.74, 6) is 1.68. The van der Waals surface area contributed by atoms with Gasteiger partial charge in [0.2, 0.25) is 0 Å². The lowest BCUT2D eigenvalue weighted by Crippen LogP contribution is -2.22. The maximum absolute atomic E-state index is 9.24. The molecule has 3 nitrogen and oxygen atoms in total. The second-order valence-electron chi connectivity index (χ2n) is 4.63. The SMILES string of the molecule is OCc1ccccc1OCC1Cc2ccccc2O1. The summed E-state index contributed by atoms with van der Waals surface area (Å²) in [6.07, 6.45) is 0.918. The maximum atomic E-state index is 9.24. The fraction of sp³-hybridized carbons (Fsp3) is 0.250.